The van der Waals surface area contributed by atoms with Gasteiger partial charge in [0.05, 0.1) is 0 Å². The quantitative estimate of drug-likeness (QED) is 0.487. The van der Waals surface area contributed by atoms with Gasteiger partial charge in [0.1, 0.15) is 0 Å². The molecule has 2 aliphatic heterocycles. The van der Waals surface area contributed by atoms with Crippen molar-refractivity contribution in [3.63, 3.8) is 0 Å². The summed E-state index contributed by atoms with van der Waals surface area (Å²) < 4.78 is 40.5. The van der Waals surface area contributed by atoms with Gasteiger partial charge < -0.3 is 4.90 Å². The van der Waals surface area contributed by atoms with Gasteiger partial charge in [-0.05, 0) is 45.2 Å². The third-order valence-corrected chi connectivity index (χ3v) is 6.94. The van der Waals surface area contributed by atoms with Crippen molar-refractivity contribution in [2.75, 3.05) is 37.7 Å². The topological polar surface area (TPSA) is 18.5 Å². The van der Waals surface area contributed by atoms with E-state index in [-0.39, 0.29) is 11.9 Å². The van der Waals surface area contributed by atoms with Crippen LogP contribution in [0.2, 0.25) is 0 Å². The number of nitrogens with one attached hydrogen (secondary N) is 1. The van der Waals surface area contributed by atoms with Crippen LogP contribution in [-0.4, -0.2) is 58.4 Å². The highest BCUT2D eigenvalue weighted by molar-refractivity contribution is 8.13. The monoisotopic (exact) mass is 389 g/mol. The van der Waals surface area contributed by atoms with E-state index in [0.29, 0.717) is 5.75 Å². The Morgan fingerprint density at radius 1 is 0.957 bits per heavy atom. The minimum absolute atomic E-state index is 0.176. The number of likely N-dealkylation sites (tertiary alicyclic amines) is 1. The molecule has 2 fully saturated rings. The maximum absolute atomic E-state index is 11.9. The SMILES string of the molecule is FC(F)(F)SNSCCCSN1CCC(N2CCCCC2)CC1. The number of hydrogen-bond acceptors (Lipinski definition) is 6. The molecule has 2 saturated heterocycles. The van der Waals surface area contributed by atoms with Gasteiger partial charge in [0, 0.05) is 42.6 Å². The van der Waals surface area contributed by atoms with Crippen LogP contribution in [0, 0.1) is 0 Å². The first-order chi connectivity index (χ1) is 11.0. The lowest BCUT2D eigenvalue weighted by Gasteiger charge is -2.39. The number of alkyl halides is 3. The second-order valence-corrected chi connectivity index (χ2v) is 9.14. The summed E-state index contributed by atoms with van der Waals surface area (Å²) in [4.78, 5) is 2.67. The van der Waals surface area contributed by atoms with E-state index >= 15 is 0 Å². The molecule has 2 aliphatic rings. The van der Waals surface area contributed by atoms with Crippen molar-refractivity contribution < 1.29 is 13.2 Å². The molecule has 0 amide bonds. The van der Waals surface area contributed by atoms with Crippen LogP contribution in [0.5, 0.6) is 0 Å². The van der Waals surface area contributed by atoms with Crippen LogP contribution < -0.4 is 4.13 Å². The van der Waals surface area contributed by atoms with Crippen LogP contribution in [0.1, 0.15) is 38.5 Å². The molecular formula is C14H26F3N3S3. The Kier molecular flexibility index (Phi) is 9.28. The number of hydrogen-bond donors (Lipinski definition) is 1. The van der Waals surface area contributed by atoms with Crippen molar-refractivity contribution in [3.8, 4) is 0 Å². The largest absolute Gasteiger partial charge is 0.456 e. The highest BCUT2D eigenvalue weighted by Gasteiger charge is 2.28. The smallest absolute Gasteiger partial charge is 0.300 e. The maximum Gasteiger partial charge on any atom is 0.456 e. The first-order valence-corrected chi connectivity index (χ1v) is 11.0. The van der Waals surface area contributed by atoms with E-state index in [1.54, 1.807) is 0 Å². The Labute approximate surface area is 150 Å². The first-order valence-electron chi connectivity index (χ1n) is 8.28. The van der Waals surface area contributed by atoms with Crippen LogP contribution in [0.3, 0.4) is 0 Å². The third kappa shape index (κ3) is 8.58. The summed E-state index contributed by atoms with van der Waals surface area (Å²) in [5.74, 6) is 1.69. The molecule has 9 heteroatoms. The fourth-order valence-electron chi connectivity index (χ4n) is 3.06. The lowest BCUT2D eigenvalue weighted by atomic mass is 10.0. The van der Waals surface area contributed by atoms with Gasteiger partial charge >= 0.3 is 5.51 Å². The van der Waals surface area contributed by atoms with Gasteiger partial charge in [0.2, 0.25) is 0 Å². The zero-order valence-electron chi connectivity index (χ0n) is 13.3. The molecule has 0 aromatic carbocycles. The molecule has 136 valence electrons. The predicted molar refractivity (Wildman–Crippen MR) is 96.3 cm³/mol. The van der Waals surface area contributed by atoms with Crippen LogP contribution in [0.4, 0.5) is 13.2 Å². The van der Waals surface area contributed by atoms with E-state index in [9.17, 15) is 13.2 Å². The van der Waals surface area contributed by atoms with Gasteiger partial charge in [-0.15, -0.1) is 0 Å². The highest BCUT2D eigenvalue weighted by atomic mass is 32.2. The number of halogens is 3. The predicted octanol–water partition coefficient (Wildman–Crippen LogP) is 4.38. The van der Waals surface area contributed by atoms with Crippen molar-refractivity contribution in [3.05, 3.63) is 0 Å². The number of rotatable bonds is 8. The van der Waals surface area contributed by atoms with Crippen molar-refractivity contribution >= 4 is 35.8 Å². The summed E-state index contributed by atoms with van der Waals surface area (Å²) in [6.07, 6.45) is 7.53. The molecule has 0 bridgehead atoms. The highest BCUT2D eigenvalue weighted by Crippen LogP contribution is 2.29. The molecule has 0 aromatic heterocycles. The minimum Gasteiger partial charge on any atom is -0.300 e. The van der Waals surface area contributed by atoms with Crippen LogP contribution in [0.15, 0.2) is 0 Å². The standard InChI is InChI=1S/C14H26F3N3S3/c15-14(16,17)23-18-21-11-4-12-22-20-9-5-13(6-10-20)19-7-2-1-3-8-19/h13,18H,1-12H2. The van der Waals surface area contributed by atoms with Gasteiger partial charge in [-0.2, -0.15) is 13.2 Å². The summed E-state index contributed by atoms with van der Waals surface area (Å²) in [5.41, 5.74) is -4.19. The van der Waals surface area contributed by atoms with Crippen LogP contribution >= 0.6 is 35.8 Å². The second kappa shape index (κ2) is 10.7. The van der Waals surface area contributed by atoms with E-state index in [1.807, 2.05) is 11.9 Å². The summed E-state index contributed by atoms with van der Waals surface area (Å²) in [6.45, 7) is 4.83. The molecule has 1 N–H and O–H groups in total. The molecule has 0 saturated carbocycles. The average Bonchev–Trinajstić information content (AvgIpc) is 2.54. The normalized spacial score (nSPS) is 22.6. The Balaban J connectivity index is 1.45. The second-order valence-electron chi connectivity index (χ2n) is 5.92. The molecule has 23 heavy (non-hydrogen) atoms. The lowest BCUT2D eigenvalue weighted by molar-refractivity contribution is -0.0331. The summed E-state index contributed by atoms with van der Waals surface area (Å²) in [5, 5.41) is 0. The molecule has 2 rings (SSSR count). The van der Waals surface area contributed by atoms with E-state index in [1.165, 1.54) is 45.2 Å². The number of piperidine rings is 2. The van der Waals surface area contributed by atoms with Gasteiger partial charge in [-0.25, -0.2) is 4.13 Å². The van der Waals surface area contributed by atoms with Gasteiger partial charge in [-0.3, -0.25) is 4.31 Å². The third-order valence-electron chi connectivity index (χ3n) is 4.21. The fraction of sp³-hybridized carbons (Fsp3) is 1.00. The first kappa shape index (κ1) is 20.0. The zero-order chi connectivity index (χ0) is 16.5. The molecule has 3 nitrogen and oxygen atoms in total. The number of nitrogens with zero attached hydrogens (tertiary/aromatic N) is 2. The van der Waals surface area contributed by atoms with Crippen LogP contribution in [-0.2, 0) is 0 Å². The molecule has 2 heterocycles. The minimum atomic E-state index is -4.19. The molecule has 0 unspecified atom stereocenters. The zero-order valence-corrected chi connectivity index (χ0v) is 15.8. The molecule has 0 spiro atoms. The maximum atomic E-state index is 11.9. The van der Waals surface area contributed by atoms with Gasteiger partial charge in [0.15, 0.2) is 0 Å². The lowest BCUT2D eigenvalue weighted by Crippen LogP contribution is -2.45. The van der Waals surface area contributed by atoms with E-state index < -0.39 is 5.51 Å². The van der Waals surface area contributed by atoms with Crippen molar-refractivity contribution in [2.24, 2.45) is 0 Å². The van der Waals surface area contributed by atoms with E-state index in [4.69, 9.17) is 0 Å². The Morgan fingerprint density at radius 3 is 2.30 bits per heavy atom. The van der Waals surface area contributed by atoms with Gasteiger partial charge in [0.25, 0.3) is 0 Å². The summed E-state index contributed by atoms with van der Waals surface area (Å²) in [6, 6.07) is 0.770. The van der Waals surface area contributed by atoms with Gasteiger partial charge in [-0.1, -0.05) is 30.3 Å². The van der Waals surface area contributed by atoms with Crippen molar-refractivity contribution in [1.29, 1.82) is 0 Å². The summed E-state index contributed by atoms with van der Waals surface area (Å²) >= 11 is 2.82. The molecule has 0 aromatic rings. The molecule has 0 radical (unpaired) electrons. The Morgan fingerprint density at radius 2 is 1.65 bits per heavy atom. The average molecular weight is 390 g/mol. The van der Waals surface area contributed by atoms with Crippen molar-refractivity contribution in [1.82, 2.24) is 13.3 Å². The molecular weight excluding hydrogens is 363 g/mol. The van der Waals surface area contributed by atoms with Crippen molar-refractivity contribution in [2.45, 2.75) is 50.1 Å². The van der Waals surface area contributed by atoms with Crippen LogP contribution in [0.25, 0.3) is 0 Å². The summed E-state index contributed by atoms with van der Waals surface area (Å²) in [7, 11) is 0. The molecule has 0 aliphatic carbocycles. The Bertz CT molecular complexity index is 320. The van der Waals surface area contributed by atoms with E-state index in [2.05, 4.69) is 13.3 Å². The Hall–Kier alpha value is 0.720. The molecule has 0 atom stereocenters. The fourth-order valence-corrected chi connectivity index (χ4v) is 5.48. The van der Waals surface area contributed by atoms with E-state index in [0.717, 1.165) is 43.3 Å².